The number of rotatable bonds is 4. The Morgan fingerprint density at radius 2 is 2.40 bits per heavy atom. The average Bonchev–Trinajstić information content (AvgIpc) is 2.96. The molecule has 0 bridgehead atoms. The fraction of sp³-hybridized carbons (Fsp3) is 0.615. The van der Waals surface area contributed by atoms with Gasteiger partial charge in [-0.1, -0.05) is 0 Å². The van der Waals surface area contributed by atoms with Crippen LogP contribution in [0.5, 0.6) is 0 Å². The van der Waals surface area contributed by atoms with Crippen molar-refractivity contribution in [2.24, 2.45) is 11.7 Å². The molecule has 0 spiro atoms. The molecule has 1 aromatic heterocycles. The van der Waals surface area contributed by atoms with Crippen molar-refractivity contribution in [1.82, 2.24) is 9.88 Å². The Balaban J connectivity index is 2.01. The number of thiazole rings is 1. The maximum Gasteiger partial charge on any atom is 0.310 e. The van der Waals surface area contributed by atoms with E-state index in [1.807, 2.05) is 0 Å². The molecule has 0 aromatic carbocycles. The van der Waals surface area contributed by atoms with Crippen LogP contribution in [0.1, 0.15) is 35.3 Å². The fourth-order valence-electron chi connectivity index (χ4n) is 2.28. The Morgan fingerprint density at radius 1 is 1.60 bits per heavy atom. The van der Waals surface area contributed by atoms with Gasteiger partial charge < -0.3 is 15.4 Å². The summed E-state index contributed by atoms with van der Waals surface area (Å²) in [5.74, 6) is -0.568. The minimum atomic E-state index is -0.222. The first-order valence-electron chi connectivity index (χ1n) is 6.76. The molecule has 1 saturated heterocycles. The van der Waals surface area contributed by atoms with Gasteiger partial charge in [-0.05, 0) is 19.8 Å². The van der Waals surface area contributed by atoms with Crippen LogP contribution in [0.3, 0.4) is 0 Å². The van der Waals surface area contributed by atoms with Gasteiger partial charge in [0.2, 0.25) is 0 Å². The summed E-state index contributed by atoms with van der Waals surface area (Å²) in [7, 11) is 0. The number of piperidine rings is 1. The standard InChI is InChI=1S/C13H19N3O3S/c1-2-19-13(18)9-4-3-5-16(7-9)12(17)10-8-20-11(6-14)15-10/h8-9H,2-7,14H2,1H3. The zero-order valence-corrected chi connectivity index (χ0v) is 12.3. The molecule has 6 nitrogen and oxygen atoms in total. The number of nitrogens with zero attached hydrogens (tertiary/aromatic N) is 2. The summed E-state index contributed by atoms with van der Waals surface area (Å²) in [6.45, 7) is 3.56. The first-order valence-corrected chi connectivity index (χ1v) is 7.64. The van der Waals surface area contributed by atoms with Gasteiger partial charge in [0.1, 0.15) is 10.7 Å². The average molecular weight is 297 g/mol. The van der Waals surface area contributed by atoms with Crippen LogP contribution in [-0.2, 0) is 16.1 Å². The monoisotopic (exact) mass is 297 g/mol. The third kappa shape index (κ3) is 3.34. The quantitative estimate of drug-likeness (QED) is 0.839. The molecule has 1 aliphatic rings. The van der Waals surface area contributed by atoms with Crippen LogP contribution in [-0.4, -0.2) is 41.5 Å². The van der Waals surface area contributed by atoms with E-state index in [0.29, 0.717) is 31.9 Å². The van der Waals surface area contributed by atoms with Gasteiger partial charge in [-0.2, -0.15) is 0 Å². The summed E-state index contributed by atoms with van der Waals surface area (Å²) in [6.07, 6.45) is 1.58. The number of aromatic nitrogens is 1. The largest absolute Gasteiger partial charge is 0.466 e. The van der Waals surface area contributed by atoms with Crippen molar-refractivity contribution in [3.8, 4) is 0 Å². The molecule has 1 atom stereocenters. The van der Waals surface area contributed by atoms with Gasteiger partial charge in [-0.25, -0.2) is 4.98 Å². The zero-order valence-electron chi connectivity index (χ0n) is 11.5. The molecule has 1 aliphatic heterocycles. The normalized spacial score (nSPS) is 18.9. The number of hydrogen-bond donors (Lipinski definition) is 1. The highest BCUT2D eigenvalue weighted by molar-refractivity contribution is 7.09. The maximum absolute atomic E-state index is 12.3. The molecule has 2 rings (SSSR count). The van der Waals surface area contributed by atoms with E-state index in [-0.39, 0.29) is 17.8 Å². The lowest BCUT2D eigenvalue weighted by Gasteiger charge is -2.31. The summed E-state index contributed by atoms with van der Waals surface area (Å²) in [5.41, 5.74) is 5.92. The van der Waals surface area contributed by atoms with Crippen LogP contribution in [0, 0.1) is 5.92 Å². The topological polar surface area (TPSA) is 85.5 Å². The summed E-state index contributed by atoms with van der Waals surface area (Å²) in [5, 5.41) is 2.46. The van der Waals surface area contributed by atoms with Crippen LogP contribution in [0.25, 0.3) is 0 Å². The Kier molecular flexibility index (Phi) is 5.08. The molecule has 2 N–H and O–H groups in total. The van der Waals surface area contributed by atoms with E-state index in [0.717, 1.165) is 17.8 Å². The van der Waals surface area contributed by atoms with Crippen LogP contribution in [0.15, 0.2) is 5.38 Å². The Hall–Kier alpha value is -1.47. The van der Waals surface area contributed by atoms with E-state index in [4.69, 9.17) is 10.5 Å². The molecule has 1 unspecified atom stereocenters. The molecule has 1 aromatic rings. The van der Waals surface area contributed by atoms with Gasteiger partial charge in [-0.3, -0.25) is 9.59 Å². The lowest BCUT2D eigenvalue weighted by Crippen LogP contribution is -2.43. The number of amides is 1. The molecule has 0 radical (unpaired) electrons. The molecule has 0 aliphatic carbocycles. The third-order valence-corrected chi connectivity index (χ3v) is 4.15. The number of carbonyl (C=O) groups excluding carboxylic acids is 2. The minimum Gasteiger partial charge on any atom is -0.466 e. The Bertz CT molecular complexity index is 489. The lowest BCUT2D eigenvalue weighted by atomic mass is 9.98. The predicted octanol–water partition coefficient (Wildman–Crippen LogP) is 1.02. The lowest BCUT2D eigenvalue weighted by molar-refractivity contribution is -0.149. The molecule has 0 saturated carbocycles. The summed E-state index contributed by atoms with van der Waals surface area (Å²) in [6, 6.07) is 0. The summed E-state index contributed by atoms with van der Waals surface area (Å²) >= 11 is 1.38. The van der Waals surface area contributed by atoms with Crippen LogP contribution >= 0.6 is 11.3 Å². The van der Waals surface area contributed by atoms with Crippen LogP contribution < -0.4 is 5.73 Å². The van der Waals surface area contributed by atoms with Gasteiger partial charge >= 0.3 is 5.97 Å². The van der Waals surface area contributed by atoms with Crippen molar-refractivity contribution in [3.05, 3.63) is 16.1 Å². The highest BCUT2D eigenvalue weighted by Gasteiger charge is 2.30. The minimum absolute atomic E-state index is 0.130. The van der Waals surface area contributed by atoms with Gasteiger partial charge in [0.05, 0.1) is 12.5 Å². The van der Waals surface area contributed by atoms with E-state index < -0.39 is 0 Å². The molecular formula is C13H19N3O3S. The number of ether oxygens (including phenoxy) is 1. The van der Waals surface area contributed by atoms with Gasteiger partial charge in [0, 0.05) is 25.0 Å². The number of carbonyl (C=O) groups is 2. The van der Waals surface area contributed by atoms with Crippen molar-refractivity contribution in [2.45, 2.75) is 26.3 Å². The van der Waals surface area contributed by atoms with Crippen LogP contribution in [0.2, 0.25) is 0 Å². The number of hydrogen-bond acceptors (Lipinski definition) is 6. The van der Waals surface area contributed by atoms with Crippen molar-refractivity contribution >= 4 is 23.2 Å². The Morgan fingerprint density at radius 3 is 3.05 bits per heavy atom. The first kappa shape index (κ1) is 14.9. The van der Waals surface area contributed by atoms with Crippen molar-refractivity contribution in [1.29, 1.82) is 0 Å². The summed E-state index contributed by atoms with van der Waals surface area (Å²) < 4.78 is 5.03. The molecule has 7 heteroatoms. The zero-order chi connectivity index (χ0) is 14.5. The van der Waals surface area contributed by atoms with E-state index in [9.17, 15) is 9.59 Å². The number of likely N-dealkylation sites (tertiary alicyclic amines) is 1. The highest BCUT2D eigenvalue weighted by Crippen LogP contribution is 2.20. The fourth-order valence-corrected chi connectivity index (χ4v) is 2.93. The van der Waals surface area contributed by atoms with Gasteiger partial charge in [0.15, 0.2) is 0 Å². The second kappa shape index (κ2) is 6.81. The van der Waals surface area contributed by atoms with E-state index in [1.54, 1.807) is 17.2 Å². The van der Waals surface area contributed by atoms with Crippen molar-refractivity contribution in [3.63, 3.8) is 0 Å². The highest BCUT2D eigenvalue weighted by atomic mass is 32.1. The molecule has 1 fully saturated rings. The molecule has 20 heavy (non-hydrogen) atoms. The Labute approximate surface area is 121 Å². The number of nitrogens with two attached hydrogens (primary N) is 1. The van der Waals surface area contributed by atoms with Gasteiger partial charge in [0.25, 0.3) is 5.91 Å². The number of esters is 1. The molecule has 2 heterocycles. The third-order valence-electron chi connectivity index (χ3n) is 3.27. The maximum atomic E-state index is 12.3. The van der Waals surface area contributed by atoms with E-state index in [1.165, 1.54) is 11.3 Å². The van der Waals surface area contributed by atoms with Crippen molar-refractivity contribution < 1.29 is 14.3 Å². The first-order chi connectivity index (χ1) is 9.65. The van der Waals surface area contributed by atoms with Gasteiger partial charge in [-0.15, -0.1) is 11.3 Å². The molecular weight excluding hydrogens is 278 g/mol. The molecule has 1 amide bonds. The van der Waals surface area contributed by atoms with E-state index >= 15 is 0 Å². The molecule has 110 valence electrons. The predicted molar refractivity (Wildman–Crippen MR) is 75.3 cm³/mol. The van der Waals surface area contributed by atoms with E-state index in [2.05, 4.69) is 4.98 Å². The second-order valence-electron chi connectivity index (χ2n) is 4.67. The smallest absolute Gasteiger partial charge is 0.310 e. The van der Waals surface area contributed by atoms with Crippen LogP contribution in [0.4, 0.5) is 0 Å². The SMILES string of the molecule is CCOC(=O)C1CCCN(C(=O)c2csc(CN)n2)C1. The van der Waals surface area contributed by atoms with Crippen molar-refractivity contribution in [2.75, 3.05) is 19.7 Å². The second-order valence-corrected chi connectivity index (χ2v) is 5.62. The summed E-state index contributed by atoms with van der Waals surface area (Å²) in [4.78, 5) is 30.0.